The van der Waals surface area contributed by atoms with Crippen molar-refractivity contribution in [1.82, 2.24) is 0 Å². The molecule has 1 saturated carbocycles. The Hall–Kier alpha value is -1.12. The summed E-state index contributed by atoms with van der Waals surface area (Å²) in [5.74, 6) is 0.548. The van der Waals surface area contributed by atoms with Crippen LogP contribution in [0.1, 0.15) is 50.2 Å². The lowest BCUT2D eigenvalue weighted by Crippen LogP contribution is -2.32. The molecule has 18 heavy (non-hydrogen) atoms. The Morgan fingerprint density at radius 3 is 2.56 bits per heavy atom. The van der Waals surface area contributed by atoms with Gasteiger partial charge in [-0.15, -0.1) is 0 Å². The number of nitrogens with zero attached hydrogens (tertiary/aromatic N) is 1. The molecule has 0 bridgehead atoms. The van der Waals surface area contributed by atoms with Crippen LogP contribution in [0, 0.1) is 0 Å². The molecule has 1 aliphatic rings. The summed E-state index contributed by atoms with van der Waals surface area (Å²) in [4.78, 5) is 14.5. The Labute approximate surface area is 115 Å². The summed E-state index contributed by atoms with van der Waals surface area (Å²) in [5, 5.41) is 10.2. The van der Waals surface area contributed by atoms with Gasteiger partial charge in [0, 0.05) is 10.0 Å². The Bertz CT molecular complexity index is 515. The van der Waals surface area contributed by atoms with E-state index in [-0.39, 0.29) is 5.75 Å². The maximum absolute atomic E-state index is 10.6. The summed E-state index contributed by atoms with van der Waals surface area (Å²) in [6.45, 7) is 4.14. The van der Waals surface area contributed by atoms with Gasteiger partial charge in [-0.2, -0.15) is 4.99 Å². The number of halogens is 1. The minimum absolute atomic E-state index is 0.223. The van der Waals surface area contributed by atoms with Crippen molar-refractivity contribution in [2.75, 3.05) is 0 Å². The van der Waals surface area contributed by atoms with Gasteiger partial charge in [-0.3, -0.25) is 0 Å². The highest BCUT2D eigenvalue weighted by Gasteiger charge is 2.41. The summed E-state index contributed by atoms with van der Waals surface area (Å²) >= 11 is 3.53. The topological polar surface area (TPSA) is 49.7 Å². The van der Waals surface area contributed by atoms with E-state index in [1.54, 1.807) is 12.1 Å². The number of benzene rings is 1. The lowest BCUT2D eigenvalue weighted by Gasteiger charge is -2.37. The van der Waals surface area contributed by atoms with Crippen LogP contribution in [0.25, 0.3) is 0 Å². The van der Waals surface area contributed by atoms with E-state index in [4.69, 9.17) is 0 Å². The maximum atomic E-state index is 10.6. The van der Waals surface area contributed by atoms with E-state index < -0.39 is 5.54 Å². The maximum Gasteiger partial charge on any atom is 0.235 e. The van der Waals surface area contributed by atoms with Crippen LogP contribution >= 0.6 is 15.9 Å². The van der Waals surface area contributed by atoms with Gasteiger partial charge in [0.1, 0.15) is 11.3 Å². The lowest BCUT2D eigenvalue weighted by molar-refractivity contribution is 0.247. The predicted molar refractivity (Wildman–Crippen MR) is 73.5 cm³/mol. The van der Waals surface area contributed by atoms with E-state index in [1.807, 2.05) is 6.07 Å². The molecule has 0 aromatic heterocycles. The number of phenolic OH excluding ortho intramolecular Hbond substituents is 1. The van der Waals surface area contributed by atoms with Gasteiger partial charge < -0.3 is 5.11 Å². The van der Waals surface area contributed by atoms with Crippen molar-refractivity contribution in [2.45, 2.75) is 44.6 Å². The highest BCUT2D eigenvalue weighted by atomic mass is 79.9. The van der Waals surface area contributed by atoms with Crippen molar-refractivity contribution >= 4 is 22.0 Å². The molecular formula is C14H16BrNO2. The summed E-state index contributed by atoms with van der Waals surface area (Å²) in [5.41, 5.74) is 1.23. The van der Waals surface area contributed by atoms with E-state index in [0.29, 0.717) is 5.92 Å². The molecule has 0 amide bonds. The number of aliphatic imine (C=N–C) groups is 1. The normalized spacial score (nSPS) is 17.1. The summed E-state index contributed by atoms with van der Waals surface area (Å²) in [6.07, 6.45) is 4.25. The molecule has 0 radical (unpaired) electrons. The standard InChI is InChI=1S/C14H16BrNO2/c1-9(2)10-6-13(18)11(7-12(10)15)14(16-8-17)4-3-5-14/h6-7,9,18H,3-5H2,1-2H3. The Morgan fingerprint density at radius 1 is 1.44 bits per heavy atom. The Balaban J connectivity index is 2.52. The van der Waals surface area contributed by atoms with Crippen LogP contribution in [-0.4, -0.2) is 11.2 Å². The van der Waals surface area contributed by atoms with Gasteiger partial charge in [0.2, 0.25) is 6.08 Å². The summed E-state index contributed by atoms with van der Waals surface area (Å²) < 4.78 is 0.956. The second-order valence-corrected chi connectivity index (χ2v) is 5.99. The zero-order valence-electron chi connectivity index (χ0n) is 10.5. The zero-order valence-corrected chi connectivity index (χ0v) is 12.1. The molecule has 0 heterocycles. The first kappa shape index (κ1) is 13.3. The quantitative estimate of drug-likeness (QED) is 0.678. The largest absolute Gasteiger partial charge is 0.508 e. The molecule has 1 aromatic rings. The van der Waals surface area contributed by atoms with Gasteiger partial charge in [-0.25, -0.2) is 4.79 Å². The van der Waals surface area contributed by atoms with Crippen LogP contribution in [0.4, 0.5) is 0 Å². The minimum atomic E-state index is -0.552. The van der Waals surface area contributed by atoms with Crippen LogP contribution in [-0.2, 0) is 10.3 Å². The van der Waals surface area contributed by atoms with Crippen LogP contribution in [0.2, 0.25) is 0 Å². The van der Waals surface area contributed by atoms with Crippen molar-refractivity contribution in [3.8, 4) is 5.75 Å². The van der Waals surface area contributed by atoms with E-state index >= 15 is 0 Å². The number of isocyanates is 1. The van der Waals surface area contributed by atoms with E-state index in [0.717, 1.165) is 34.9 Å². The molecule has 1 aliphatic carbocycles. The number of rotatable bonds is 3. The molecule has 1 aromatic carbocycles. The smallest absolute Gasteiger partial charge is 0.235 e. The highest BCUT2D eigenvalue weighted by Crippen LogP contribution is 2.49. The number of carbonyl (C=O) groups excluding carboxylic acids is 1. The monoisotopic (exact) mass is 309 g/mol. The number of hydrogen-bond acceptors (Lipinski definition) is 3. The van der Waals surface area contributed by atoms with Crippen LogP contribution in [0.3, 0.4) is 0 Å². The van der Waals surface area contributed by atoms with Gasteiger partial charge >= 0.3 is 0 Å². The van der Waals surface area contributed by atoms with Crippen molar-refractivity contribution in [3.63, 3.8) is 0 Å². The first-order valence-corrected chi connectivity index (χ1v) is 6.91. The predicted octanol–water partition coefficient (Wildman–Crippen LogP) is 3.99. The van der Waals surface area contributed by atoms with Crippen LogP contribution in [0.15, 0.2) is 21.6 Å². The fraction of sp³-hybridized carbons (Fsp3) is 0.500. The molecule has 2 rings (SSSR count). The van der Waals surface area contributed by atoms with Gasteiger partial charge in [-0.1, -0.05) is 29.8 Å². The molecule has 1 N–H and O–H groups in total. The average Bonchev–Trinajstić information content (AvgIpc) is 2.26. The zero-order chi connectivity index (χ0) is 13.3. The fourth-order valence-corrected chi connectivity index (χ4v) is 3.23. The molecular weight excluding hydrogens is 294 g/mol. The third-order valence-electron chi connectivity index (χ3n) is 3.68. The van der Waals surface area contributed by atoms with Crippen LogP contribution < -0.4 is 0 Å². The van der Waals surface area contributed by atoms with E-state index in [2.05, 4.69) is 34.8 Å². The summed E-state index contributed by atoms with van der Waals surface area (Å²) in [6, 6.07) is 3.66. The van der Waals surface area contributed by atoms with Gasteiger partial charge in [-0.05, 0) is 42.9 Å². The minimum Gasteiger partial charge on any atom is -0.508 e. The molecule has 0 aliphatic heterocycles. The number of phenols is 1. The van der Waals surface area contributed by atoms with Crippen molar-refractivity contribution in [1.29, 1.82) is 0 Å². The molecule has 0 atom stereocenters. The Morgan fingerprint density at radius 2 is 2.11 bits per heavy atom. The van der Waals surface area contributed by atoms with Crippen LogP contribution in [0.5, 0.6) is 5.75 Å². The fourth-order valence-electron chi connectivity index (χ4n) is 2.43. The van der Waals surface area contributed by atoms with E-state index in [9.17, 15) is 9.90 Å². The second-order valence-electron chi connectivity index (χ2n) is 5.13. The molecule has 4 heteroatoms. The number of aromatic hydroxyl groups is 1. The third-order valence-corrected chi connectivity index (χ3v) is 4.37. The molecule has 96 valence electrons. The number of hydrogen-bond donors (Lipinski definition) is 1. The van der Waals surface area contributed by atoms with Gasteiger partial charge in [0.15, 0.2) is 0 Å². The van der Waals surface area contributed by atoms with Crippen molar-refractivity contribution in [3.05, 3.63) is 27.7 Å². The van der Waals surface area contributed by atoms with Gasteiger partial charge in [0.05, 0.1) is 0 Å². The first-order valence-electron chi connectivity index (χ1n) is 6.12. The molecule has 3 nitrogen and oxygen atoms in total. The molecule has 0 saturated heterocycles. The lowest BCUT2D eigenvalue weighted by atomic mass is 9.71. The molecule has 0 spiro atoms. The summed E-state index contributed by atoms with van der Waals surface area (Å²) in [7, 11) is 0. The Kier molecular flexibility index (Phi) is 3.60. The van der Waals surface area contributed by atoms with Gasteiger partial charge in [0.25, 0.3) is 0 Å². The SMILES string of the molecule is CC(C)c1cc(O)c(C2(N=C=O)CCC2)cc1Br. The van der Waals surface area contributed by atoms with Crippen molar-refractivity contribution < 1.29 is 9.90 Å². The highest BCUT2D eigenvalue weighted by molar-refractivity contribution is 9.10. The van der Waals surface area contributed by atoms with E-state index in [1.165, 1.54) is 0 Å². The molecule has 0 unspecified atom stereocenters. The molecule has 1 fully saturated rings. The second kappa shape index (κ2) is 4.87. The van der Waals surface area contributed by atoms with Crippen molar-refractivity contribution in [2.24, 2.45) is 4.99 Å². The average molecular weight is 310 g/mol. The first-order chi connectivity index (χ1) is 8.50. The third kappa shape index (κ3) is 2.11.